The first-order valence-corrected chi connectivity index (χ1v) is 4.80. The Morgan fingerprint density at radius 2 is 2.08 bits per heavy atom. The van der Waals surface area contributed by atoms with Gasteiger partial charge in [-0.15, -0.1) is 0 Å². The molecule has 0 aromatic carbocycles. The smallest absolute Gasteiger partial charge is 0.416 e. The summed E-state index contributed by atoms with van der Waals surface area (Å²) in [4.78, 5) is 25.5. The molecule has 0 saturated carbocycles. The van der Waals surface area contributed by atoms with Crippen LogP contribution in [0.3, 0.4) is 0 Å². The van der Waals surface area contributed by atoms with Crippen LogP contribution in [0.2, 0.25) is 0 Å². The molecular weight excluding hydrogens is 289 g/mol. The van der Waals surface area contributed by atoms with E-state index in [1.165, 1.54) is 6.92 Å². The van der Waals surface area contributed by atoms with E-state index in [1.54, 1.807) is 6.92 Å². The van der Waals surface area contributed by atoms with Crippen molar-refractivity contribution >= 4 is 34.7 Å². The van der Waals surface area contributed by atoms with Gasteiger partial charge in [0.15, 0.2) is 3.61 Å². The molecule has 0 heterocycles. The molecule has 1 unspecified atom stereocenters. The Morgan fingerprint density at radius 1 is 1.54 bits per heavy atom. The summed E-state index contributed by atoms with van der Waals surface area (Å²) in [6, 6.07) is 0. The van der Waals surface area contributed by atoms with E-state index < -0.39 is 15.7 Å². The van der Waals surface area contributed by atoms with Gasteiger partial charge in [0.2, 0.25) is 5.91 Å². The van der Waals surface area contributed by atoms with Gasteiger partial charge in [0.05, 0.1) is 0 Å². The molecule has 0 bridgehead atoms. The van der Waals surface area contributed by atoms with E-state index in [4.69, 9.17) is 4.74 Å². The molecule has 76 valence electrons. The molecule has 1 N–H and O–H groups in total. The van der Waals surface area contributed by atoms with Crippen molar-refractivity contribution in [3.8, 4) is 0 Å². The number of rotatable bonds is 2. The lowest BCUT2D eigenvalue weighted by Crippen LogP contribution is -2.30. The van der Waals surface area contributed by atoms with Crippen molar-refractivity contribution < 1.29 is 19.2 Å². The van der Waals surface area contributed by atoms with Crippen LogP contribution in [0.4, 0.5) is 4.79 Å². The predicted molar refractivity (Wildman–Crippen MR) is 54.1 cm³/mol. The molecule has 0 aliphatic rings. The maximum Gasteiger partial charge on any atom is 0.534 e. The predicted octanol–water partition coefficient (Wildman–Crippen LogP) is 1.75. The first kappa shape index (κ1) is 12.5. The normalized spacial score (nSPS) is 14.2. The first-order chi connectivity index (χ1) is 5.87. The van der Waals surface area contributed by atoms with Gasteiger partial charge in [0.1, 0.15) is 0 Å². The van der Waals surface area contributed by atoms with Gasteiger partial charge in [0.25, 0.3) is 0 Å². The summed E-state index contributed by atoms with van der Waals surface area (Å²) < 4.78 is 4.24. The molecule has 0 aliphatic carbocycles. The Kier molecular flexibility index (Phi) is 5.04. The summed E-state index contributed by atoms with van der Waals surface area (Å²) in [5.74, 6) is -0.455. The number of hydrogen-bond donors (Lipinski definition) is 1. The third-order valence-corrected chi connectivity index (χ3v) is 2.19. The van der Waals surface area contributed by atoms with E-state index in [2.05, 4.69) is 4.84 Å². The van der Waals surface area contributed by atoms with Gasteiger partial charge in [-0.1, -0.05) is 6.92 Å². The average molecular weight is 301 g/mol. The van der Waals surface area contributed by atoms with E-state index in [1.807, 2.05) is 35.0 Å². The molecule has 6 heteroatoms. The Hall–Kier alpha value is -0.530. The van der Waals surface area contributed by atoms with Gasteiger partial charge in [-0.05, 0) is 35.9 Å². The van der Waals surface area contributed by atoms with Gasteiger partial charge in [-0.25, -0.2) is 4.79 Å². The molecule has 0 aromatic rings. The summed E-state index contributed by atoms with van der Waals surface area (Å²) in [6.45, 7) is 4.84. The molecule has 0 rings (SSSR count). The van der Waals surface area contributed by atoms with Crippen molar-refractivity contribution in [1.82, 2.24) is 5.48 Å². The van der Waals surface area contributed by atoms with Crippen molar-refractivity contribution in [2.75, 3.05) is 0 Å². The van der Waals surface area contributed by atoms with Crippen LogP contribution in [0.25, 0.3) is 0 Å². The van der Waals surface area contributed by atoms with Gasteiger partial charge >= 0.3 is 6.16 Å². The molecule has 1 atom stereocenters. The summed E-state index contributed by atoms with van der Waals surface area (Å²) in [6.07, 6.45) is -0.253. The third-order valence-electron chi connectivity index (χ3n) is 1.21. The Labute approximate surface area is 90.2 Å². The largest absolute Gasteiger partial charge is 0.534 e. The molecule has 0 spiro atoms. The minimum Gasteiger partial charge on any atom is -0.416 e. The van der Waals surface area contributed by atoms with E-state index in [-0.39, 0.29) is 0 Å². The topological polar surface area (TPSA) is 64.6 Å². The summed E-state index contributed by atoms with van der Waals surface area (Å²) in [5, 5.41) is 0. The quantitative estimate of drug-likeness (QED) is 0.365. The van der Waals surface area contributed by atoms with Crippen molar-refractivity contribution in [3.05, 3.63) is 0 Å². The molecule has 0 aliphatic heterocycles. The number of hydroxylamine groups is 1. The summed E-state index contributed by atoms with van der Waals surface area (Å²) in [5.41, 5.74) is 1.88. The van der Waals surface area contributed by atoms with Crippen molar-refractivity contribution in [1.29, 1.82) is 0 Å². The Bertz CT molecular complexity index is 205. The van der Waals surface area contributed by atoms with Crippen LogP contribution in [0.5, 0.6) is 0 Å². The molecule has 1 amide bonds. The number of hydrogen-bond acceptors (Lipinski definition) is 4. The highest BCUT2D eigenvalue weighted by atomic mass is 127. The SMILES string of the molecule is CCC(C)(I)OC(=O)ONC(C)=O. The zero-order chi connectivity index (χ0) is 10.5. The van der Waals surface area contributed by atoms with E-state index >= 15 is 0 Å². The number of alkyl halides is 1. The maximum atomic E-state index is 10.9. The number of carbonyl (C=O) groups excluding carboxylic acids is 2. The lowest BCUT2D eigenvalue weighted by Gasteiger charge is -2.19. The second-order valence-electron chi connectivity index (χ2n) is 2.57. The molecular formula is C7H12INO4. The molecule has 0 saturated heterocycles. The second kappa shape index (κ2) is 5.25. The van der Waals surface area contributed by atoms with Crippen molar-refractivity contribution in [2.24, 2.45) is 0 Å². The van der Waals surface area contributed by atoms with Crippen LogP contribution in [-0.2, 0) is 14.4 Å². The number of halogens is 1. The van der Waals surface area contributed by atoms with Crippen LogP contribution >= 0.6 is 22.6 Å². The number of carbonyl (C=O) groups is 2. The van der Waals surface area contributed by atoms with E-state index in [0.29, 0.717) is 6.42 Å². The number of nitrogens with one attached hydrogen (secondary N) is 1. The average Bonchev–Trinajstić information content (AvgIpc) is 2.00. The van der Waals surface area contributed by atoms with Gasteiger partial charge in [-0.3, -0.25) is 4.79 Å². The summed E-state index contributed by atoms with van der Waals surface area (Å²) in [7, 11) is 0. The highest BCUT2D eigenvalue weighted by Crippen LogP contribution is 2.23. The highest BCUT2D eigenvalue weighted by molar-refractivity contribution is 14.1. The zero-order valence-electron chi connectivity index (χ0n) is 7.72. The lowest BCUT2D eigenvalue weighted by molar-refractivity contribution is -0.129. The standard InChI is InChI=1S/C7H12INO4/c1-4-7(3,8)12-6(11)13-9-5(2)10/h4H2,1-3H3,(H,9,10). The van der Waals surface area contributed by atoms with Gasteiger partial charge in [-0.2, -0.15) is 5.48 Å². The molecule has 5 nitrogen and oxygen atoms in total. The van der Waals surface area contributed by atoms with Crippen molar-refractivity contribution in [2.45, 2.75) is 30.8 Å². The molecule has 0 aromatic heterocycles. The fourth-order valence-electron chi connectivity index (χ4n) is 0.380. The molecule has 0 fully saturated rings. The van der Waals surface area contributed by atoms with E-state index in [9.17, 15) is 9.59 Å². The maximum absolute atomic E-state index is 10.9. The van der Waals surface area contributed by atoms with Crippen LogP contribution in [-0.4, -0.2) is 15.7 Å². The zero-order valence-corrected chi connectivity index (χ0v) is 9.88. The lowest BCUT2D eigenvalue weighted by atomic mass is 10.3. The first-order valence-electron chi connectivity index (χ1n) is 3.72. The Morgan fingerprint density at radius 3 is 2.46 bits per heavy atom. The highest BCUT2D eigenvalue weighted by Gasteiger charge is 2.23. The monoisotopic (exact) mass is 301 g/mol. The molecule has 13 heavy (non-hydrogen) atoms. The minimum atomic E-state index is -0.908. The fraction of sp³-hybridized carbons (Fsp3) is 0.714. The summed E-state index contributed by atoms with van der Waals surface area (Å²) >= 11 is 1.98. The minimum absolute atomic E-state index is 0.455. The van der Waals surface area contributed by atoms with Crippen LogP contribution in [0.1, 0.15) is 27.2 Å². The van der Waals surface area contributed by atoms with Crippen LogP contribution < -0.4 is 5.48 Å². The van der Waals surface area contributed by atoms with Gasteiger partial charge in [0, 0.05) is 6.92 Å². The van der Waals surface area contributed by atoms with Crippen LogP contribution in [0.15, 0.2) is 0 Å². The fourth-order valence-corrected chi connectivity index (χ4v) is 0.560. The third kappa shape index (κ3) is 6.62. The van der Waals surface area contributed by atoms with Gasteiger partial charge < -0.3 is 9.57 Å². The Balaban J connectivity index is 3.81. The number of ether oxygens (including phenoxy) is 1. The second-order valence-corrected chi connectivity index (χ2v) is 4.85. The van der Waals surface area contributed by atoms with Crippen molar-refractivity contribution in [3.63, 3.8) is 0 Å². The van der Waals surface area contributed by atoms with Crippen LogP contribution in [0, 0.1) is 0 Å². The van der Waals surface area contributed by atoms with E-state index in [0.717, 1.165) is 0 Å². The number of amides is 1. The molecule has 0 radical (unpaired) electrons.